The van der Waals surface area contributed by atoms with Gasteiger partial charge in [0.1, 0.15) is 11.4 Å². The Morgan fingerprint density at radius 2 is 2.25 bits per heavy atom. The van der Waals surface area contributed by atoms with Crippen LogP contribution in [0.3, 0.4) is 0 Å². The summed E-state index contributed by atoms with van der Waals surface area (Å²) in [6.07, 6.45) is 6.85. The third-order valence-corrected chi connectivity index (χ3v) is 4.84. The Bertz CT molecular complexity index is 484. The van der Waals surface area contributed by atoms with Crippen molar-refractivity contribution in [3.05, 3.63) is 11.6 Å². The molecule has 2 aliphatic rings. The topological polar surface area (TPSA) is 37.3 Å². The number of rotatable bonds is 2. The van der Waals surface area contributed by atoms with Crippen molar-refractivity contribution < 1.29 is 9.90 Å². The molecule has 0 aromatic heterocycles. The summed E-state index contributed by atoms with van der Waals surface area (Å²) in [5, 5.41) is 9.64. The summed E-state index contributed by atoms with van der Waals surface area (Å²) in [6.45, 7) is 7.86. The molecule has 2 rings (SSSR count). The Labute approximate surface area is 122 Å². The van der Waals surface area contributed by atoms with E-state index in [9.17, 15) is 9.90 Å². The van der Waals surface area contributed by atoms with Crippen LogP contribution < -0.4 is 0 Å². The minimum Gasteiger partial charge on any atom is -0.378 e. The number of carbonyl (C=O) groups excluding carboxylic acids is 1. The van der Waals surface area contributed by atoms with E-state index < -0.39 is 5.60 Å². The second-order valence-electron chi connectivity index (χ2n) is 7.15. The lowest BCUT2D eigenvalue weighted by atomic mass is 9.63. The third-order valence-electron chi connectivity index (χ3n) is 4.84. The van der Waals surface area contributed by atoms with Crippen LogP contribution >= 0.6 is 0 Å². The molecule has 0 aromatic rings. The summed E-state index contributed by atoms with van der Waals surface area (Å²) in [4.78, 5) is 12.1. The quantitative estimate of drug-likeness (QED) is 0.618. The zero-order valence-corrected chi connectivity index (χ0v) is 13.1. The molecule has 1 fully saturated rings. The summed E-state index contributed by atoms with van der Waals surface area (Å²) in [5.74, 6) is 7.00. The Morgan fingerprint density at radius 3 is 2.90 bits per heavy atom. The first-order valence-corrected chi connectivity index (χ1v) is 7.70. The molecule has 0 bridgehead atoms. The Hall–Kier alpha value is -1.07. The van der Waals surface area contributed by atoms with Gasteiger partial charge in [0.2, 0.25) is 0 Å². The lowest BCUT2D eigenvalue weighted by molar-refractivity contribution is -0.128. The molecule has 0 saturated heterocycles. The highest BCUT2D eigenvalue weighted by Crippen LogP contribution is 2.53. The van der Waals surface area contributed by atoms with Crippen LogP contribution in [0.4, 0.5) is 0 Å². The third kappa shape index (κ3) is 2.99. The van der Waals surface area contributed by atoms with Crippen LogP contribution in [-0.4, -0.2) is 16.5 Å². The molecule has 2 heteroatoms. The van der Waals surface area contributed by atoms with Gasteiger partial charge in [-0.1, -0.05) is 37.3 Å². The van der Waals surface area contributed by atoms with Gasteiger partial charge in [-0.05, 0) is 44.4 Å². The minimum absolute atomic E-state index is 0.0607. The van der Waals surface area contributed by atoms with E-state index in [1.165, 1.54) is 5.57 Å². The molecule has 110 valence electrons. The van der Waals surface area contributed by atoms with Crippen LogP contribution in [-0.2, 0) is 4.79 Å². The van der Waals surface area contributed by atoms with E-state index in [-0.39, 0.29) is 11.3 Å². The van der Waals surface area contributed by atoms with Crippen molar-refractivity contribution in [1.82, 2.24) is 0 Å². The standard InChI is InChI=1S/C18H26O2/c1-13(7-5-11-17(2,3)20)14-9-10-15-16(19)8-6-12-18(14,15)4/h9,13,15,20H,6-8,10,12H2,1-4H3. The van der Waals surface area contributed by atoms with Crippen LogP contribution in [0.1, 0.15) is 59.8 Å². The zero-order chi connectivity index (χ0) is 15.0. The number of allylic oxidation sites excluding steroid dienone is 2. The summed E-state index contributed by atoms with van der Waals surface area (Å²) in [6, 6.07) is 0. The molecule has 1 saturated carbocycles. The fourth-order valence-corrected chi connectivity index (χ4v) is 3.84. The fraction of sp³-hybridized carbons (Fsp3) is 0.722. The van der Waals surface area contributed by atoms with Crippen molar-refractivity contribution in [3.63, 3.8) is 0 Å². The normalized spacial score (nSPS) is 31.1. The molecular formula is C18H26O2. The van der Waals surface area contributed by atoms with Crippen LogP contribution in [0.25, 0.3) is 0 Å². The van der Waals surface area contributed by atoms with Gasteiger partial charge in [0.25, 0.3) is 0 Å². The van der Waals surface area contributed by atoms with Crippen molar-refractivity contribution in [2.45, 2.75) is 65.4 Å². The first kappa shape index (κ1) is 15.3. The number of hydrogen-bond acceptors (Lipinski definition) is 2. The fourth-order valence-electron chi connectivity index (χ4n) is 3.84. The van der Waals surface area contributed by atoms with Gasteiger partial charge in [-0.25, -0.2) is 0 Å². The number of aliphatic hydroxyl groups is 1. The molecule has 0 heterocycles. The molecule has 1 N–H and O–H groups in total. The van der Waals surface area contributed by atoms with Crippen LogP contribution in [0, 0.1) is 29.1 Å². The van der Waals surface area contributed by atoms with Gasteiger partial charge >= 0.3 is 0 Å². The number of fused-ring (bicyclic) bond motifs is 1. The van der Waals surface area contributed by atoms with Gasteiger partial charge < -0.3 is 5.11 Å². The van der Waals surface area contributed by atoms with Gasteiger partial charge in [0.05, 0.1) is 0 Å². The van der Waals surface area contributed by atoms with Crippen molar-refractivity contribution in [2.24, 2.45) is 17.3 Å². The Kier molecular flexibility index (Phi) is 4.12. The van der Waals surface area contributed by atoms with Crippen LogP contribution in [0.5, 0.6) is 0 Å². The summed E-state index contributed by atoms with van der Waals surface area (Å²) in [5.41, 5.74) is 0.558. The molecule has 0 aliphatic heterocycles. The number of carbonyl (C=O) groups is 1. The van der Waals surface area contributed by atoms with E-state index in [4.69, 9.17) is 0 Å². The maximum absolute atomic E-state index is 12.1. The minimum atomic E-state index is -0.920. The molecule has 2 aliphatic carbocycles. The van der Waals surface area contributed by atoms with Gasteiger partial charge in [-0.15, -0.1) is 0 Å². The number of hydrogen-bond donors (Lipinski definition) is 1. The van der Waals surface area contributed by atoms with Crippen molar-refractivity contribution in [2.75, 3.05) is 0 Å². The highest BCUT2D eigenvalue weighted by molar-refractivity contribution is 5.84. The smallest absolute Gasteiger partial charge is 0.137 e. The van der Waals surface area contributed by atoms with Crippen LogP contribution in [0.2, 0.25) is 0 Å². The van der Waals surface area contributed by atoms with E-state index in [0.717, 1.165) is 32.1 Å². The Balaban J connectivity index is 2.09. The monoisotopic (exact) mass is 274 g/mol. The van der Waals surface area contributed by atoms with Crippen molar-refractivity contribution in [1.29, 1.82) is 0 Å². The van der Waals surface area contributed by atoms with Gasteiger partial charge in [-0.3, -0.25) is 4.79 Å². The largest absolute Gasteiger partial charge is 0.378 e. The molecule has 3 atom stereocenters. The van der Waals surface area contributed by atoms with E-state index >= 15 is 0 Å². The zero-order valence-electron chi connectivity index (χ0n) is 13.1. The molecular weight excluding hydrogens is 248 g/mol. The van der Waals surface area contributed by atoms with Crippen molar-refractivity contribution in [3.8, 4) is 11.8 Å². The predicted molar refractivity (Wildman–Crippen MR) is 81.0 cm³/mol. The summed E-state index contributed by atoms with van der Waals surface area (Å²) < 4.78 is 0. The second kappa shape index (κ2) is 5.37. The average Bonchev–Trinajstić information content (AvgIpc) is 2.66. The van der Waals surface area contributed by atoms with E-state index in [1.54, 1.807) is 13.8 Å². The van der Waals surface area contributed by atoms with E-state index in [2.05, 4.69) is 31.8 Å². The van der Waals surface area contributed by atoms with E-state index in [0.29, 0.717) is 11.7 Å². The molecule has 0 spiro atoms. The van der Waals surface area contributed by atoms with Gasteiger partial charge in [0.15, 0.2) is 0 Å². The van der Waals surface area contributed by atoms with Gasteiger partial charge in [-0.2, -0.15) is 0 Å². The maximum Gasteiger partial charge on any atom is 0.137 e. The summed E-state index contributed by atoms with van der Waals surface area (Å²) in [7, 11) is 0. The molecule has 2 nitrogen and oxygen atoms in total. The molecule has 20 heavy (non-hydrogen) atoms. The first-order valence-electron chi connectivity index (χ1n) is 7.70. The summed E-state index contributed by atoms with van der Waals surface area (Å²) >= 11 is 0. The van der Waals surface area contributed by atoms with E-state index in [1.807, 2.05) is 0 Å². The SMILES string of the molecule is CC(CC#CC(C)(C)O)C1=CCC2C(=O)CCCC12C. The van der Waals surface area contributed by atoms with Crippen molar-refractivity contribution >= 4 is 5.78 Å². The predicted octanol–water partition coefficient (Wildman–Crippen LogP) is 3.49. The lowest BCUT2D eigenvalue weighted by Crippen LogP contribution is -2.36. The number of ketones is 1. The maximum atomic E-state index is 12.1. The highest BCUT2D eigenvalue weighted by atomic mass is 16.3. The molecule has 0 amide bonds. The molecule has 0 radical (unpaired) electrons. The molecule has 3 unspecified atom stereocenters. The second-order valence-corrected chi connectivity index (χ2v) is 7.15. The van der Waals surface area contributed by atoms with Gasteiger partial charge in [0, 0.05) is 18.8 Å². The Morgan fingerprint density at radius 1 is 1.55 bits per heavy atom. The number of Topliss-reactive ketones (excluding diaryl/α,β-unsaturated/α-hetero) is 1. The highest BCUT2D eigenvalue weighted by Gasteiger charge is 2.47. The molecule has 0 aromatic carbocycles. The average molecular weight is 274 g/mol. The van der Waals surface area contributed by atoms with Crippen LogP contribution in [0.15, 0.2) is 11.6 Å². The lowest BCUT2D eigenvalue weighted by Gasteiger charge is -2.39. The first-order chi connectivity index (χ1) is 9.24.